The first-order valence-corrected chi connectivity index (χ1v) is 10.8. The second-order valence-corrected chi connectivity index (χ2v) is 7.87. The Balaban J connectivity index is 1.24. The SMILES string of the molecule is Cc1nc(Oc2ccc(NC(=O)CN3C(=O)c4ccccc4C3=O)cc2)cc(-n2ccnc2C)n1. The van der Waals surface area contributed by atoms with E-state index in [0.717, 1.165) is 10.7 Å². The summed E-state index contributed by atoms with van der Waals surface area (Å²) < 4.78 is 7.70. The van der Waals surface area contributed by atoms with Crippen molar-refractivity contribution in [3.05, 3.63) is 89.8 Å². The summed E-state index contributed by atoms with van der Waals surface area (Å²) in [4.78, 5) is 51.3. The molecule has 5 rings (SSSR count). The monoisotopic (exact) mass is 468 g/mol. The lowest BCUT2D eigenvalue weighted by atomic mass is 10.1. The zero-order valence-corrected chi connectivity index (χ0v) is 18.9. The van der Waals surface area contributed by atoms with Crippen molar-refractivity contribution in [3.8, 4) is 17.4 Å². The van der Waals surface area contributed by atoms with Gasteiger partial charge >= 0.3 is 0 Å². The number of hydrogen-bond donors (Lipinski definition) is 1. The average Bonchev–Trinajstić information content (AvgIpc) is 3.37. The molecule has 0 spiro atoms. The minimum atomic E-state index is -0.486. The number of rotatable bonds is 6. The summed E-state index contributed by atoms with van der Waals surface area (Å²) in [5.74, 6) is 1.40. The van der Waals surface area contributed by atoms with Gasteiger partial charge in [-0.3, -0.25) is 23.9 Å². The van der Waals surface area contributed by atoms with E-state index >= 15 is 0 Å². The molecule has 0 radical (unpaired) electrons. The van der Waals surface area contributed by atoms with E-state index in [1.807, 2.05) is 11.5 Å². The fourth-order valence-electron chi connectivity index (χ4n) is 3.77. The van der Waals surface area contributed by atoms with E-state index < -0.39 is 17.7 Å². The minimum absolute atomic E-state index is 0.304. The van der Waals surface area contributed by atoms with E-state index in [2.05, 4.69) is 20.3 Å². The number of imide groups is 1. The molecule has 2 aromatic heterocycles. The summed E-state index contributed by atoms with van der Waals surface area (Å²) in [6, 6.07) is 14.9. The maximum Gasteiger partial charge on any atom is 0.262 e. The van der Waals surface area contributed by atoms with Crippen molar-refractivity contribution in [3.63, 3.8) is 0 Å². The van der Waals surface area contributed by atoms with Gasteiger partial charge in [0.05, 0.1) is 11.1 Å². The number of aryl methyl sites for hydroxylation is 2. The molecule has 0 atom stereocenters. The standard InChI is InChI=1S/C25H20N6O4/c1-15-27-21(30-12-11-26-16(30)2)13-23(28-15)35-18-9-7-17(8-10-18)29-22(32)14-31-24(33)19-5-3-4-6-20(19)25(31)34/h3-13H,14H2,1-2H3,(H,29,32). The van der Waals surface area contributed by atoms with Crippen molar-refractivity contribution >= 4 is 23.4 Å². The number of hydrogen-bond acceptors (Lipinski definition) is 7. The number of nitrogens with zero attached hydrogens (tertiary/aromatic N) is 5. The Labute approximate surface area is 200 Å². The molecule has 0 saturated carbocycles. The van der Waals surface area contributed by atoms with Gasteiger partial charge in [-0.1, -0.05) is 12.1 Å². The van der Waals surface area contributed by atoms with E-state index in [1.165, 1.54) is 0 Å². The van der Waals surface area contributed by atoms with Crippen LogP contribution >= 0.6 is 0 Å². The van der Waals surface area contributed by atoms with E-state index in [0.29, 0.717) is 40.1 Å². The van der Waals surface area contributed by atoms with Crippen molar-refractivity contribution in [2.75, 3.05) is 11.9 Å². The molecule has 1 aliphatic heterocycles. The minimum Gasteiger partial charge on any atom is -0.439 e. The van der Waals surface area contributed by atoms with Crippen LogP contribution in [-0.2, 0) is 4.79 Å². The van der Waals surface area contributed by atoms with Crippen LogP contribution in [0.15, 0.2) is 67.0 Å². The first-order chi connectivity index (χ1) is 16.9. The first-order valence-electron chi connectivity index (χ1n) is 10.8. The van der Waals surface area contributed by atoms with Crippen LogP contribution < -0.4 is 10.1 Å². The second-order valence-electron chi connectivity index (χ2n) is 7.87. The van der Waals surface area contributed by atoms with Gasteiger partial charge in [0, 0.05) is 24.1 Å². The Kier molecular flexibility index (Phi) is 5.54. The lowest BCUT2D eigenvalue weighted by molar-refractivity contribution is -0.116. The van der Waals surface area contributed by atoms with Crippen LogP contribution in [0.25, 0.3) is 5.82 Å². The van der Waals surface area contributed by atoms with Crippen molar-refractivity contribution in [1.82, 2.24) is 24.4 Å². The Morgan fingerprint density at radius 1 is 0.971 bits per heavy atom. The van der Waals surface area contributed by atoms with Gasteiger partial charge in [-0.2, -0.15) is 4.98 Å². The van der Waals surface area contributed by atoms with E-state index in [1.54, 1.807) is 73.9 Å². The number of aromatic nitrogens is 4. The molecule has 0 fully saturated rings. The quantitative estimate of drug-likeness (QED) is 0.431. The second kappa shape index (κ2) is 8.82. The van der Waals surface area contributed by atoms with Crippen LogP contribution in [0, 0.1) is 13.8 Å². The highest BCUT2D eigenvalue weighted by molar-refractivity contribution is 6.22. The van der Waals surface area contributed by atoms with Gasteiger partial charge in [0.25, 0.3) is 11.8 Å². The van der Waals surface area contributed by atoms with Gasteiger partial charge in [0.1, 0.15) is 29.8 Å². The summed E-state index contributed by atoms with van der Waals surface area (Å²) in [5.41, 5.74) is 1.10. The van der Waals surface area contributed by atoms with Gasteiger partial charge in [-0.25, -0.2) is 9.97 Å². The molecule has 174 valence electrons. The van der Waals surface area contributed by atoms with Gasteiger partial charge in [0.15, 0.2) is 0 Å². The fraction of sp³-hybridized carbons (Fsp3) is 0.120. The highest BCUT2D eigenvalue weighted by Gasteiger charge is 2.36. The summed E-state index contributed by atoms with van der Waals surface area (Å²) in [6.07, 6.45) is 3.50. The number of anilines is 1. The number of imidazole rings is 1. The predicted molar refractivity (Wildman–Crippen MR) is 126 cm³/mol. The third kappa shape index (κ3) is 4.36. The van der Waals surface area contributed by atoms with Crippen molar-refractivity contribution in [2.24, 2.45) is 0 Å². The summed E-state index contributed by atoms with van der Waals surface area (Å²) in [5, 5.41) is 2.69. The Hall–Kier alpha value is -4.86. The number of benzene rings is 2. The molecule has 3 amide bonds. The zero-order chi connectivity index (χ0) is 24.5. The molecule has 0 saturated heterocycles. The highest BCUT2D eigenvalue weighted by Crippen LogP contribution is 2.25. The van der Waals surface area contributed by atoms with Gasteiger partial charge in [-0.05, 0) is 50.2 Å². The largest absolute Gasteiger partial charge is 0.439 e. The lowest BCUT2D eigenvalue weighted by Crippen LogP contribution is -2.37. The van der Waals surface area contributed by atoms with Gasteiger partial charge < -0.3 is 10.1 Å². The van der Waals surface area contributed by atoms with Crippen LogP contribution in [0.5, 0.6) is 11.6 Å². The number of carbonyl (C=O) groups is 3. The molecule has 1 aliphatic rings. The van der Waals surface area contributed by atoms with Crippen LogP contribution in [0.2, 0.25) is 0 Å². The molecule has 0 bridgehead atoms. The normalized spacial score (nSPS) is 12.6. The van der Waals surface area contributed by atoms with Gasteiger partial charge in [0.2, 0.25) is 11.8 Å². The molecule has 10 heteroatoms. The maximum absolute atomic E-state index is 12.5. The van der Waals surface area contributed by atoms with Crippen molar-refractivity contribution in [2.45, 2.75) is 13.8 Å². The number of fused-ring (bicyclic) bond motifs is 1. The Morgan fingerprint density at radius 3 is 2.29 bits per heavy atom. The molecule has 0 unspecified atom stereocenters. The van der Waals surface area contributed by atoms with Crippen LogP contribution in [0.1, 0.15) is 32.4 Å². The van der Waals surface area contributed by atoms with E-state index in [4.69, 9.17) is 4.74 Å². The third-order valence-corrected chi connectivity index (χ3v) is 5.41. The Bertz CT molecular complexity index is 1430. The lowest BCUT2D eigenvalue weighted by Gasteiger charge is -2.14. The fourth-order valence-corrected chi connectivity index (χ4v) is 3.77. The first kappa shape index (κ1) is 22.0. The maximum atomic E-state index is 12.5. The van der Waals surface area contributed by atoms with E-state index in [9.17, 15) is 14.4 Å². The molecule has 10 nitrogen and oxygen atoms in total. The molecule has 1 N–H and O–H groups in total. The van der Waals surface area contributed by atoms with Crippen molar-refractivity contribution < 1.29 is 19.1 Å². The zero-order valence-electron chi connectivity index (χ0n) is 18.9. The molecular weight excluding hydrogens is 448 g/mol. The molecule has 35 heavy (non-hydrogen) atoms. The predicted octanol–water partition coefficient (Wildman–Crippen LogP) is 3.31. The number of nitrogens with one attached hydrogen (secondary N) is 1. The topological polar surface area (TPSA) is 119 Å². The molecule has 3 heterocycles. The van der Waals surface area contributed by atoms with Crippen molar-refractivity contribution in [1.29, 1.82) is 0 Å². The average molecular weight is 468 g/mol. The van der Waals surface area contributed by atoms with Crippen LogP contribution in [0.3, 0.4) is 0 Å². The molecule has 0 aliphatic carbocycles. The number of carbonyl (C=O) groups excluding carboxylic acids is 3. The highest BCUT2D eigenvalue weighted by atomic mass is 16.5. The third-order valence-electron chi connectivity index (χ3n) is 5.41. The Morgan fingerprint density at radius 2 is 1.66 bits per heavy atom. The van der Waals surface area contributed by atoms with E-state index in [-0.39, 0.29) is 6.54 Å². The molecule has 2 aromatic carbocycles. The molecule has 4 aromatic rings. The molecular formula is C25H20N6O4. The summed E-state index contributed by atoms with van der Waals surface area (Å²) in [7, 11) is 0. The number of amides is 3. The number of ether oxygens (including phenoxy) is 1. The smallest absolute Gasteiger partial charge is 0.262 e. The summed E-state index contributed by atoms with van der Waals surface area (Å²) in [6.45, 7) is 3.27. The van der Waals surface area contributed by atoms with Crippen LogP contribution in [0.4, 0.5) is 5.69 Å². The van der Waals surface area contributed by atoms with Crippen LogP contribution in [-0.4, -0.2) is 48.7 Å². The summed E-state index contributed by atoms with van der Waals surface area (Å²) >= 11 is 0. The van der Waals surface area contributed by atoms with Gasteiger partial charge in [-0.15, -0.1) is 0 Å².